The van der Waals surface area contributed by atoms with Gasteiger partial charge in [0.15, 0.2) is 0 Å². The topological polar surface area (TPSA) is 67.2 Å². The lowest BCUT2D eigenvalue weighted by Gasteiger charge is -2.05. The molecule has 0 saturated heterocycles. The molecule has 1 N–H and O–H groups in total. The molecule has 6 nitrogen and oxygen atoms in total. The summed E-state index contributed by atoms with van der Waals surface area (Å²) >= 11 is 0. The maximum absolute atomic E-state index is 11.9. The number of imide groups is 1. The van der Waals surface area contributed by atoms with Crippen LogP contribution in [0, 0.1) is 0 Å². The van der Waals surface area contributed by atoms with Crippen LogP contribution >= 0.6 is 0 Å². The lowest BCUT2D eigenvalue weighted by atomic mass is 10.1. The summed E-state index contributed by atoms with van der Waals surface area (Å²) in [7, 11) is 3.35. The molecule has 0 fully saturated rings. The van der Waals surface area contributed by atoms with Gasteiger partial charge in [-0.3, -0.25) is 19.2 Å². The minimum atomic E-state index is -0.258. The van der Waals surface area contributed by atoms with Gasteiger partial charge in [0, 0.05) is 26.0 Å². The summed E-state index contributed by atoms with van der Waals surface area (Å²) in [6.07, 6.45) is 1.87. The number of aromatic nitrogens is 2. The summed E-state index contributed by atoms with van der Waals surface area (Å²) in [5, 5.41) is 7.46. The summed E-state index contributed by atoms with van der Waals surface area (Å²) < 4.78 is 1.73. The number of hydrogen-bond donors (Lipinski definition) is 1. The van der Waals surface area contributed by atoms with Gasteiger partial charge in [0.1, 0.15) is 0 Å². The van der Waals surface area contributed by atoms with Gasteiger partial charge in [-0.25, -0.2) is 0 Å². The molecule has 0 aliphatic carbocycles. The van der Waals surface area contributed by atoms with Crippen LogP contribution in [0.2, 0.25) is 0 Å². The Morgan fingerprint density at radius 3 is 2.55 bits per heavy atom. The Kier molecular flexibility index (Phi) is 2.78. The maximum Gasteiger partial charge on any atom is 0.261 e. The molecule has 1 aliphatic rings. The van der Waals surface area contributed by atoms with E-state index in [1.807, 2.05) is 19.3 Å². The molecule has 6 heteroatoms. The molecule has 0 unspecified atom stereocenters. The van der Waals surface area contributed by atoms with Crippen molar-refractivity contribution in [3.05, 3.63) is 47.3 Å². The normalized spacial score (nSPS) is 13.8. The molecular weight excluding hydrogens is 256 g/mol. The van der Waals surface area contributed by atoms with Crippen LogP contribution in [0.25, 0.3) is 0 Å². The van der Waals surface area contributed by atoms with Crippen LogP contribution in [0.5, 0.6) is 0 Å². The van der Waals surface area contributed by atoms with Crippen molar-refractivity contribution in [2.75, 3.05) is 12.4 Å². The monoisotopic (exact) mass is 270 g/mol. The fourth-order valence-corrected chi connectivity index (χ4v) is 2.22. The number of carbonyl (C=O) groups is 2. The van der Waals surface area contributed by atoms with Crippen molar-refractivity contribution >= 4 is 17.5 Å². The zero-order valence-electron chi connectivity index (χ0n) is 11.3. The Balaban J connectivity index is 1.80. The zero-order chi connectivity index (χ0) is 14.3. The first kappa shape index (κ1) is 12.4. The second-order valence-corrected chi connectivity index (χ2v) is 4.76. The minimum absolute atomic E-state index is 0.249. The quantitative estimate of drug-likeness (QED) is 0.853. The predicted octanol–water partition coefficient (Wildman–Crippen LogP) is 1.26. The van der Waals surface area contributed by atoms with Crippen molar-refractivity contribution in [1.29, 1.82) is 0 Å². The highest BCUT2D eigenvalue weighted by atomic mass is 16.2. The second kappa shape index (κ2) is 4.48. The SMILES string of the molecule is CN1C(=O)c2ccc(NCc3ccn(C)n3)cc2C1=O. The summed E-state index contributed by atoms with van der Waals surface area (Å²) in [5.74, 6) is -0.507. The van der Waals surface area contributed by atoms with E-state index in [1.54, 1.807) is 22.9 Å². The van der Waals surface area contributed by atoms with Crippen molar-refractivity contribution in [3.63, 3.8) is 0 Å². The highest BCUT2D eigenvalue weighted by Gasteiger charge is 2.32. The molecule has 0 bridgehead atoms. The van der Waals surface area contributed by atoms with Gasteiger partial charge >= 0.3 is 0 Å². The lowest BCUT2D eigenvalue weighted by molar-refractivity contribution is 0.0693. The Hall–Kier alpha value is -2.63. The maximum atomic E-state index is 11.9. The van der Waals surface area contributed by atoms with E-state index in [-0.39, 0.29) is 11.8 Å². The first-order valence-corrected chi connectivity index (χ1v) is 6.25. The lowest BCUT2D eigenvalue weighted by Crippen LogP contribution is -2.24. The Morgan fingerprint density at radius 2 is 1.85 bits per heavy atom. The summed E-state index contributed by atoms with van der Waals surface area (Å²) in [5.41, 5.74) is 2.61. The molecule has 0 saturated carbocycles. The molecule has 1 aromatic heterocycles. The molecule has 2 aromatic rings. The standard InChI is InChI=1S/C14H14N4O2/c1-17-6-5-10(16-17)8-15-9-3-4-11-12(7-9)14(20)18(2)13(11)19/h3-7,15H,8H2,1-2H3. The van der Waals surface area contributed by atoms with E-state index in [4.69, 9.17) is 0 Å². The van der Waals surface area contributed by atoms with Crippen molar-refractivity contribution in [2.24, 2.45) is 7.05 Å². The van der Waals surface area contributed by atoms with Gasteiger partial charge in [-0.1, -0.05) is 0 Å². The van der Waals surface area contributed by atoms with Crippen LogP contribution in [0.15, 0.2) is 30.5 Å². The zero-order valence-corrected chi connectivity index (χ0v) is 11.3. The fourth-order valence-electron chi connectivity index (χ4n) is 2.22. The third kappa shape index (κ3) is 1.95. The number of nitrogens with zero attached hydrogens (tertiary/aromatic N) is 3. The Labute approximate surface area is 116 Å². The van der Waals surface area contributed by atoms with E-state index in [9.17, 15) is 9.59 Å². The number of hydrogen-bond acceptors (Lipinski definition) is 4. The van der Waals surface area contributed by atoms with E-state index in [0.29, 0.717) is 17.7 Å². The molecule has 3 rings (SSSR count). The van der Waals surface area contributed by atoms with Gasteiger partial charge in [0.25, 0.3) is 11.8 Å². The van der Waals surface area contributed by atoms with E-state index in [2.05, 4.69) is 10.4 Å². The Bertz CT molecular complexity index is 705. The average Bonchev–Trinajstić information content (AvgIpc) is 2.95. The van der Waals surface area contributed by atoms with Crippen molar-refractivity contribution in [2.45, 2.75) is 6.54 Å². The molecule has 0 atom stereocenters. The molecule has 1 aromatic carbocycles. The number of carbonyl (C=O) groups excluding carboxylic acids is 2. The molecule has 0 radical (unpaired) electrons. The van der Waals surface area contributed by atoms with Crippen LogP contribution in [-0.2, 0) is 13.6 Å². The number of nitrogens with one attached hydrogen (secondary N) is 1. The third-order valence-electron chi connectivity index (χ3n) is 3.33. The van der Waals surface area contributed by atoms with Gasteiger partial charge in [0.2, 0.25) is 0 Å². The first-order valence-electron chi connectivity index (χ1n) is 6.25. The fraction of sp³-hybridized carbons (Fsp3) is 0.214. The van der Waals surface area contributed by atoms with E-state index in [1.165, 1.54) is 7.05 Å². The molecule has 102 valence electrons. The van der Waals surface area contributed by atoms with Crippen molar-refractivity contribution in [3.8, 4) is 0 Å². The van der Waals surface area contributed by atoms with Gasteiger partial charge < -0.3 is 5.32 Å². The van der Waals surface area contributed by atoms with Crippen LogP contribution in [0.4, 0.5) is 5.69 Å². The Morgan fingerprint density at radius 1 is 1.10 bits per heavy atom. The highest BCUT2D eigenvalue weighted by Crippen LogP contribution is 2.24. The first-order chi connectivity index (χ1) is 9.56. The molecule has 1 aliphatic heterocycles. The number of amides is 2. The van der Waals surface area contributed by atoms with Gasteiger partial charge in [-0.2, -0.15) is 5.10 Å². The number of rotatable bonds is 3. The van der Waals surface area contributed by atoms with Gasteiger partial charge in [-0.05, 0) is 24.3 Å². The number of fused-ring (bicyclic) bond motifs is 1. The summed E-state index contributed by atoms with van der Waals surface area (Å²) in [4.78, 5) is 24.8. The van der Waals surface area contributed by atoms with Gasteiger partial charge in [-0.15, -0.1) is 0 Å². The smallest absolute Gasteiger partial charge is 0.261 e. The largest absolute Gasteiger partial charge is 0.379 e. The molecule has 20 heavy (non-hydrogen) atoms. The van der Waals surface area contributed by atoms with Crippen LogP contribution in [-0.4, -0.2) is 33.5 Å². The minimum Gasteiger partial charge on any atom is -0.379 e. The third-order valence-corrected chi connectivity index (χ3v) is 3.33. The number of aryl methyl sites for hydroxylation is 1. The molecular formula is C14H14N4O2. The van der Waals surface area contributed by atoms with E-state index in [0.717, 1.165) is 16.3 Å². The van der Waals surface area contributed by atoms with E-state index < -0.39 is 0 Å². The van der Waals surface area contributed by atoms with Crippen molar-refractivity contribution in [1.82, 2.24) is 14.7 Å². The van der Waals surface area contributed by atoms with E-state index >= 15 is 0 Å². The number of anilines is 1. The van der Waals surface area contributed by atoms with Crippen LogP contribution in [0.3, 0.4) is 0 Å². The second-order valence-electron chi connectivity index (χ2n) is 4.76. The molecule has 0 spiro atoms. The van der Waals surface area contributed by atoms with Gasteiger partial charge in [0.05, 0.1) is 23.4 Å². The molecule has 2 heterocycles. The van der Waals surface area contributed by atoms with Crippen LogP contribution in [0.1, 0.15) is 26.4 Å². The summed E-state index contributed by atoms with van der Waals surface area (Å²) in [6, 6.07) is 7.11. The summed E-state index contributed by atoms with van der Waals surface area (Å²) in [6.45, 7) is 0.567. The average molecular weight is 270 g/mol. The predicted molar refractivity (Wildman–Crippen MR) is 73.4 cm³/mol. The van der Waals surface area contributed by atoms with Crippen LogP contribution < -0.4 is 5.32 Å². The van der Waals surface area contributed by atoms with Crippen molar-refractivity contribution < 1.29 is 9.59 Å². The molecule has 2 amide bonds. The highest BCUT2D eigenvalue weighted by molar-refractivity contribution is 6.21. The number of benzene rings is 1.